The van der Waals surface area contributed by atoms with E-state index >= 15 is 0 Å². The Hall–Kier alpha value is -2.14. The van der Waals surface area contributed by atoms with Crippen molar-refractivity contribution in [1.29, 1.82) is 0 Å². The Labute approximate surface area is 130 Å². The van der Waals surface area contributed by atoms with Gasteiger partial charge in [0, 0.05) is 19.2 Å². The van der Waals surface area contributed by atoms with E-state index in [2.05, 4.69) is 5.32 Å². The van der Waals surface area contributed by atoms with Crippen molar-refractivity contribution in [3.05, 3.63) is 42.0 Å². The van der Waals surface area contributed by atoms with Crippen molar-refractivity contribution in [2.75, 3.05) is 13.1 Å². The summed E-state index contributed by atoms with van der Waals surface area (Å²) in [5.41, 5.74) is 0.932. The van der Waals surface area contributed by atoms with E-state index in [0.717, 1.165) is 5.56 Å². The lowest BCUT2D eigenvalue weighted by Crippen LogP contribution is -2.49. The van der Waals surface area contributed by atoms with Crippen molar-refractivity contribution in [2.45, 2.75) is 31.9 Å². The first-order valence-corrected chi connectivity index (χ1v) is 7.57. The number of likely N-dealkylation sites (tertiary alicyclic amines) is 1. The Balaban J connectivity index is 1.83. The molecule has 1 aromatic carbocycles. The molecule has 5 nitrogen and oxygen atoms in total. The summed E-state index contributed by atoms with van der Waals surface area (Å²) in [6.07, 6.45) is 4.02. The molecule has 0 aromatic heterocycles. The molecule has 1 fully saturated rings. The second-order valence-corrected chi connectivity index (χ2v) is 5.53. The predicted octanol–water partition coefficient (Wildman–Crippen LogP) is 1.19. The maximum Gasteiger partial charge on any atom is 0.244 e. The van der Waals surface area contributed by atoms with Gasteiger partial charge < -0.3 is 15.3 Å². The van der Waals surface area contributed by atoms with Crippen molar-refractivity contribution >= 4 is 17.9 Å². The van der Waals surface area contributed by atoms with Crippen LogP contribution >= 0.6 is 0 Å². The predicted molar refractivity (Wildman–Crippen MR) is 84.9 cm³/mol. The van der Waals surface area contributed by atoms with Gasteiger partial charge in [-0.2, -0.15) is 0 Å². The molecule has 0 radical (unpaired) electrons. The molecule has 0 bridgehead atoms. The van der Waals surface area contributed by atoms with Crippen LogP contribution < -0.4 is 5.32 Å². The molecule has 22 heavy (non-hydrogen) atoms. The summed E-state index contributed by atoms with van der Waals surface area (Å²) in [6.45, 7) is 2.77. The number of aliphatic hydroxyl groups is 1. The number of nitrogens with zero attached hydrogens (tertiary/aromatic N) is 1. The summed E-state index contributed by atoms with van der Waals surface area (Å²) in [7, 11) is 0. The minimum absolute atomic E-state index is 0.103. The molecule has 0 aliphatic carbocycles. The lowest BCUT2D eigenvalue weighted by atomic mass is 10.1. The molecule has 1 saturated heterocycles. The van der Waals surface area contributed by atoms with E-state index in [1.165, 1.54) is 6.08 Å². The molecule has 5 heteroatoms. The minimum atomic E-state index is -0.567. The molecular formula is C17H22N2O3. The summed E-state index contributed by atoms with van der Waals surface area (Å²) < 4.78 is 0. The SMILES string of the molecule is CC(NC(=O)/C=C/c1ccccc1)C(=O)N1CCC(O)CC1. The first-order valence-electron chi connectivity index (χ1n) is 7.57. The van der Waals surface area contributed by atoms with E-state index in [4.69, 9.17) is 0 Å². The maximum atomic E-state index is 12.2. The fraction of sp³-hybridized carbons (Fsp3) is 0.412. The normalized spacial score (nSPS) is 17.5. The van der Waals surface area contributed by atoms with Gasteiger partial charge in [-0.15, -0.1) is 0 Å². The lowest BCUT2D eigenvalue weighted by molar-refractivity contribution is -0.136. The molecular weight excluding hydrogens is 280 g/mol. The number of aliphatic hydroxyl groups excluding tert-OH is 1. The van der Waals surface area contributed by atoms with Crippen molar-refractivity contribution in [3.8, 4) is 0 Å². The van der Waals surface area contributed by atoms with Gasteiger partial charge in [0.25, 0.3) is 0 Å². The Bertz CT molecular complexity index is 534. The molecule has 1 aliphatic heterocycles. The topological polar surface area (TPSA) is 69.6 Å². The number of rotatable bonds is 4. The minimum Gasteiger partial charge on any atom is -0.393 e. The highest BCUT2D eigenvalue weighted by Crippen LogP contribution is 2.11. The van der Waals surface area contributed by atoms with E-state index < -0.39 is 6.04 Å². The van der Waals surface area contributed by atoms with Gasteiger partial charge in [-0.05, 0) is 31.4 Å². The van der Waals surface area contributed by atoms with E-state index in [0.29, 0.717) is 25.9 Å². The van der Waals surface area contributed by atoms with Gasteiger partial charge in [-0.3, -0.25) is 9.59 Å². The third-order valence-electron chi connectivity index (χ3n) is 3.73. The highest BCUT2D eigenvalue weighted by Gasteiger charge is 2.25. The van der Waals surface area contributed by atoms with Gasteiger partial charge in [0.15, 0.2) is 0 Å². The number of amides is 2. The summed E-state index contributed by atoms with van der Waals surface area (Å²) >= 11 is 0. The third kappa shape index (κ3) is 4.70. The quantitative estimate of drug-likeness (QED) is 0.821. The van der Waals surface area contributed by atoms with Gasteiger partial charge in [0.05, 0.1) is 6.10 Å². The van der Waals surface area contributed by atoms with Gasteiger partial charge in [0.2, 0.25) is 11.8 Å². The molecule has 0 spiro atoms. The molecule has 1 aromatic rings. The van der Waals surface area contributed by atoms with Gasteiger partial charge >= 0.3 is 0 Å². The number of hydrogen-bond acceptors (Lipinski definition) is 3. The van der Waals surface area contributed by atoms with Crippen LogP contribution in [0.3, 0.4) is 0 Å². The number of benzene rings is 1. The Morgan fingerprint density at radius 3 is 2.55 bits per heavy atom. The fourth-order valence-corrected chi connectivity index (χ4v) is 2.42. The number of piperidine rings is 1. The van der Waals surface area contributed by atoms with E-state index in [1.54, 1.807) is 17.9 Å². The van der Waals surface area contributed by atoms with Crippen LogP contribution in [0.25, 0.3) is 6.08 Å². The molecule has 2 rings (SSSR count). The lowest BCUT2D eigenvalue weighted by Gasteiger charge is -2.31. The van der Waals surface area contributed by atoms with Gasteiger partial charge in [-0.25, -0.2) is 0 Å². The Morgan fingerprint density at radius 1 is 1.27 bits per heavy atom. The molecule has 0 saturated carbocycles. The van der Waals surface area contributed by atoms with Crippen LogP contribution in [0.5, 0.6) is 0 Å². The maximum absolute atomic E-state index is 12.2. The zero-order valence-electron chi connectivity index (χ0n) is 12.7. The van der Waals surface area contributed by atoms with Crippen molar-refractivity contribution in [2.24, 2.45) is 0 Å². The van der Waals surface area contributed by atoms with Crippen LogP contribution in [0.15, 0.2) is 36.4 Å². The number of nitrogens with one attached hydrogen (secondary N) is 1. The fourth-order valence-electron chi connectivity index (χ4n) is 2.42. The standard InChI is InChI=1S/C17H22N2O3/c1-13(17(22)19-11-9-15(20)10-12-19)18-16(21)8-7-14-5-3-2-4-6-14/h2-8,13,15,20H,9-12H2,1H3,(H,18,21)/b8-7+. The molecule has 1 atom stereocenters. The van der Waals surface area contributed by atoms with E-state index in [9.17, 15) is 14.7 Å². The smallest absolute Gasteiger partial charge is 0.244 e. The molecule has 1 heterocycles. The Morgan fingerprint density at radius 2 is 1.91 bits per heavy atom. The van der Waals surface area contributed by atoms with Gasteiger partial charge in [0.1, 0.15) is 6.04 Å². The average Bonchev–Trinajstić information content (AvgIpc) is 2.54. The first-order chi connectivity index (χ1) is 10.6. The van der Waals surface area contributed by atoms with Crippen molar-refractivity contribution < 1.29 is 14.7 Å². The van der Waals surface area contributed by atoms with Crippen LogP contribution in [-0.4, -0.2) is 47.1 Å². The summed E-state index contributed by atoms with van der Waals surface area (Å²) in [6, 6.07) is 8.94. The largest absolute Gasteiger partial charge is 0.393 e. The monoisotopic (exact) mass is 302 g/mol. The summed E-state index contributed by atoms with van der Waals surface area (Å²) in [5.74, 6) is -0.393. The number of carbonyl (C=O) groups excluding carboxylic acids is 2. The zero-order chi connectivity index (χ0) is 15.9. The van der Waals surface area contributed by atoms with Crippen LogP contribution in [0.1, 0.15) is 25.3 Å². The molecule has 1 unspecified atom stereocenters. The van der Waals surface area contributed by atoms with Crippen molar-refractivity contribution in [3.63, 3.8) is 0 Å². The highest BCUT2D eigenvalue weighted by molar-refractivity contribution is 5.95. The first kappa shape index (κ1) is 16.2. The van der Waals surface area contributed by atoms with Crippen LogP contribution in [0.2, 0.25) is 0 Å². The Kier molecular flexibility index (Phi) is 5.72. The summed E-state index contributed by atoms with van der Waals surface area (Å²) in [4.78, 5) is 25.8. The molecule has 1 aliphatic rings. The number of hydrogen-bond donors (Lipinski definition) is 2. The highest BCUT2D eigenvalue weighted by atomic mass is 16.3. The molecule has 118 valence electrons. The zero-order valence-corrected chi connectivity index (χ0v) is 12.7. The average molecular weight is 302 g/mol. The van der Waals surface area contributed by atoms with Crippen molar-refractivity contribution in [1.82, 2.24) is 10.2 Å². The second kappa shape index (κ2) is 7.75. The second-order valence-electron chi connectivity index (χ2n) is 5.53. The molecule has 2 N–H and O–H groups in total. The van der Waals surface area contributed by atoms with Crippen LogP contribution in [0, 0.1) is 0 Å². The van der Waals surface area contributed by atoms with Crippen LogP contribution in [-0.2, 0) is 9.59 Å². The van der Waals surface area contributed by atoms with E-state index in [1.807, 2.05) is 30.3 Å². The third-order valence-corrected chi connectivity index (χ3v) is 3.73. The van der Waals surface area contributed by atoms with Crippen LogP contribution in [0.4, 0.5) is 0 Å². The van der Waals surface area contributed by atoms with Gasteiger partial charge in [-0.1, -0.05) is 30.3 Å². The van der Waals surface area contributed by atoms with E-state index in [-0.39, 0.29) is 17.9 Å². The number of carbonyl (C=O) groups is 2. The molecule has 2 amide bonds. The summed E-state index contributed by atoms with van der Waals surface area (Å²) in [5, 5.41) is 12.1.